The van der Waals surface area contributed by atoms with Gasteiger partial charge in [0.05, 0.1) is 0 Å². The predicted octanol–water partition coefficient (Wildman–Crippen LogP) is 3.20. The second-order valence-corrected chi connectivity index (χ2v) is 3.59. The Balaban J connectivity index is 2.05. The van der Waals surface area contributed by atoms with Crippen LogP contribution in [0.25, 0.3) is 0 Å². The van der Waals surface area contributed by atoms with E-state index in [-0.39, 0.29) is 0 Å². The lowest BCUT2D eigenvalue weighted by Crippen LogP contribution is -2.04. The highest BCUT2D eigenvalue weighted by Crippen LogP contribution is 2.20. The first-order valence-electron chi connectivity index (χ1n) is 5.35. The summed E-state index contributed by atoms with van der Waals surface area (Å²) in [4.78, 5) is 0. The molecule has 82 valence electrons. The zero-order valence-electron chi connectivity index (χ0n) is 9.31. The van der Waals surface area contributed by atoms with Crippen LogP contribution in [0, 0.1) is 0 Å². The van der Waals surface area contributed by atoms with Gasteiger partial charge < -0.3 is 10.1 Å². The van der Waals surface area contributed by atoms with E-state index in [2.05, 4.69) is 17.4 Å². The Hall–Kier alpha value is -1.80. The van der Waals surface area contributed by atoms with Gasteiger partial charge in [0.2, 0.25) is 0 Å². The van der Waals surface area contributed by atoms with E-state index in [1.54, 1.807) is 0 Å². The van der Waals surface area contributed by atoms with Crippen molar-refractivity contribution in [1.82, 2.24) is 5.32 Å². The Morgan fingerprint density at radius 3 is 2.12 bits per heavy atom. The molecule has 0 atom stereocenters. The minimum Gasteiger partial charge on any atom is -0.457 e. The molecule has 0 unspecified atom stereocenters. The Morgan fingerprint density at radius 2 is 1.50 bits per heavy atom. The summed E-state index contributed by atoms with van der Waals surface area (Å²) < 4.78 is 5.69. The second kappa shape index (κ2) is 5.33. The molecule has 0 spiro atoms. The van der Waals surface area contributed by atoms with Crippen molar-refractivity contribution in [3.05, 3.63) is 60.2 Å². The summed E-state index contributed by atoms with van der Waals surface area (Å²) in [6.07, 6.45) is 0. The van der Waals surface area contributed by atoms with E-state index < -0.39 is 0 Å². The maximum atomic E-state index is 5.69. The summed E-state index contributed by atoms with van der Waals surface area (Å²) in [6.45, 7) is 0.881. The van der Waals surface area contributed by atoms with Gasteiger partial charge in [0.25, 0.3) is 0 Å². The molecule has 16 heavy (non-hydrogen) atoms. The van der Waals surface area contributed by atoms with E-state index in [1.807, 2.05) is 49.5 Å². The Morgan fingerprint density at radius 1 is 0.875 bits per heavy atom. The second-order valence-electron chi connectivity index (χ2n) is 3.59. The first kappa shape index (κ1) is 10.7. The molecule has 0 aliphatic carbocycles. The van der Waals surface area contributed by atoms with Crippen molar-refractivity contribution < 1.29 is 4.74 Å². The lowest BCUT2D eigenvalue weighted by atomic mass is 10.2. The summed E-state index contributed by atoms with van der Waals surface area (Å²) in [6, 6.07) is 17.9. The minimum atomic E-state index is 0.865. The van der Waals surface area contributed by atoms with E-state index >= 15 is 0 Å². The predicted molar refractivity (Wildman–Crippen MR) is 65.7 cm³/mol. The van der Waals surface area contributed by atoms with E-state index in [0.717, 1.165) is 18.0 Å². The maximum absolute atomic E-state index is 5.69. The SMILES string of the molecule is CNCc1ccc(Oc2ccccc2)cc1. The van der Waals surface area contributed by atoms with Gasteiger partial charge in [-0.15, -0.1) is 0 Å². The Kier molecular flexibility index (Phi) is 3.57. The van der Waals surface area contributed by atoms with Crippen LogP contribution < -0.4 is 10.1 Å². The fourth-order valence-electron chi connectivity index (χ4n) is 1.50. The highest BCUT2D eigenvalue weighted by molar-refractivity contribution is 5.32. The number of rotatable bonds is 4. The highest BCUT2D eigenvalue weighted by Gasteiger charge is 1.96. The molecule has 0 aliphatic heterocycles. The van der Waals surface area contributed by atoms with Crippen molar-refractivity contribution in [2.24, 2.45) is 0 Å². The summed E-state index contributed by atoms with van der Waals surface area (Å²) >= 11 is 0. The molecule has 0 fully saturated rings. The molecule has 0 saturated carbocycles. The van der Waals surface area contributed by atoms with Gasteiger partial charge in [0.15, 0.2) is 0 Å². The quantitative estimate of drug-likeness (QED) is 0.842. The third-order valence-electron chi connectivity index (χ3n) is 2.28. The zero-order chi connectivity index (χ0) is 11.2. The van der Waals surface area contributed by atoms with Crippen molar-refractivity contribution in [3.8, 4) is 11.5 Å². The van der Waals surface area contributed by atoms with Crippen molar-refractivity contribution in [2.45, 2.75) is 6.54 Å². The number of benzene rings is 2. The number of nitrogens with one attached hydrogen (secondary N) is 1. The van der Waals surface area contributed by atoms with Crippen molar-refractivity contribution in [2.75, 3.05) is 7.05 Å². The monoisotopic (exact) mass is 213 g/mol. The van der Waals surface area contributed by atoms with Crippen LogP contribution in [0.15, 0.2) is 54.6 Å². The number of para-hydroxylation sites is 1. The maximum Gasteiger partial charge on any atom is 0.127 e. The van der Waals surface area contributed by atoms with Crippen LogP contribution in [0.2, 0.25) is 0 Å². The largest absolute Gasteiger partial charge is 0.457 e. The Bertz CT molecular complexity index is 422. The van der Waals surface area contributed by atoms with Gasteiger partial charge in [-0.25, -0.2) is 0 Å². The van der Waals surface area contributed by atoms with Crippen molar-refractivity contribution in [3.63, 3.8) is 0 Å². The molecule has 2 nitrogen and oxygen atoms in total. The standard InChI is InChI=1S/C14H15NO/c1-15-11-12-7-9-14(10-8-12)16-13-5-3-2-4-6-13/h2-10,15H,11H2,1H3. The van der Waals surface area contributed by atoms with E-state index in [4.69, 9.17) is 4.74 Å². The molecule has 2 heteroatoms. The molecule has 0 aliphatic rings. The van der Waals surface area contributed by atoms with Gasteiger partial charge >= 0.3 is 0 Å². The van der Waals surface area contributed by atoms with Crippen molar-refractivity contribution in [1.29, 1.82) is 0 Å². The molecule has 2 aromatic rings. The van der Waals surface area contributed by atoms with E-state index in [9.17, 15) is 0 Å². The van der Waals surface area contributed by atoms with Gasteiger partial charge in [0.1, 0.15) is 11.5 Å². The summed E-state index contributed by atoms with van der Waals surface area (Å²) in [5.74, 6) is 1.73. The van der Waals surface area contributed by atoms with E-state index in [0.29, 0.717) is 0 Å². The van der Waals surface area contributed by atoms with Gasteiger partial charge in [-0.1, -0.05) is 30.3 Å². The molecule has 0 aromatic heterocycles. The van der Waals surface area contributed by atoms with Crippen LogP contribution in [0.5, 0.6) is 11.5 Å². The number of hydrogen-bond acceptors (Lipinski definition) is 2. The number of ether oxygens (including phenoxy) is 1. The molecule has 0 saturated heterocycles. The molecule has 0 amide bonds. The smallest absolute Gasteiger partial charge is 0.127 e. The fourth-order valence-corrected chi connectivity index (χ4v) is 1.50. The van der Waals surface area contributed by atoms with E-state index in [1.165, 1.54) is 5.56 Å². The summed E-state index contributed by atoms with van der Waals surface area (Å²) in [5, 5.41) is 3.11. The minimum absolute atomic E-state index is 0.865. The average Bonchev–Trinajstić information content (AvgIpc) is 2.33. The van der Waals surface area contributed by atoms with Gasteiger partial charge in [-0.3, -0.25) is 0 Å². The normalized spacial score (nSPS) is 10.1. The van der Waals surface area contributed by atoms with Crippen LogP contribution in [0.4, 0.5) is 0 Å². The third-order valence-corrected chi connectivity index (χ3v) is 2.28. The van der Waals surface area contributed by atoms with Crippen LogP contribution >= 0.6 is 0 Å². The topological polar surface area (TPSA) is 21.3 Å². The average molecular weight is 213 g/mol. The number of hydrogen-bond donors (Lipinski definition) is 1. The molecule has 0 bridgehead atoms. The molecule has 2 aromatic carbocycles. The van der Waals surface area contributed by atoms with Crippen LogP contribution in [0.1, 0.15) is 5.56 Å². The Labute approximate surface area is 95.9 Å². The van der Waals surface area contributed by atoms with Gasteiger partial charge in [-0.2, -0.15) is 0 Å². The summed E-state index contributed by atoms with van der Waals surface area (Å²) in [5.41, 5.74) is 1.25. The fraction of sp³-hybridized carbons (Fsp3) is 0.143. The van der Waals surface area contributed by atoms with Gasteiger partial charge in [-0.05, 0) is 36.9 Å². The van der Waals surface area contributed by atoms with Crippen molar-refractivity contribution >= 4 is 0 Å². The lowest BCUT2D eigenvalue weighted by molar-refractivity contribution is 0.482. The van der Waals surface area contributed by atoms with Crippen LogP contribution in [-0.2, 0) is 6.54 Å². The van der Waals surface area contributed by atoms with Gasteiger partial charge in [0, 0.05) is 6.54 Å². The summed E-state index contributed by atoms with van der Waals surface area (Å²) in [7, 11) is 1.94. The van der Waals surface area contributed by atoms with Crippen LogP contribution in [-0.4, -0.2) is 7.05 Å². The first-order chi connectivity index (χ1) is 7.88. The third kappa shape index (κ3) is 2.84. The molecule has 1 N–H and O–H groups in total. The molecule has 0 radical (unpaired) electrons. The molecule has 0 heterocycles. The molecular formula is C14H15NO. The highest BCUT2D eigenvalue weighted by atomic mass is 16.5. The first-order valence-corrected chi connectivity index (χ1v) is 5.35. The molecular weight excluding hydrogens is 198 g/mol. The molecule has 2 rings (SSSR count). The lowest BCUT2D eigenvalue weighted by Gasteiger charge is -2.06. The van der Waals surface area contributed by atoms with Crippen LogP contribution in [0.3, 0.4) is 0 Å². The zero-order valence-corrected chi connectivity index (χ0v) is 9.31.